The van der Waals surface area contributed by atoms with Gasteiger partial charge in [-0.25, -0.2) is 13.1 Å². The van der Waals surface area contributed by atoms with Gasteiger partial charge >= 0.3 is 0 Å². The molecule has 0 spiro atoms. The van der Waals surface area contributed by atoms with Crippen LogP contribution in [-0.2, 0) is 21.9 Å². The fourth-order valence-corrected chi connectivity index (χ4v) is 1.95. The fraction of sp³-hybridized carbons (Fsp3) is 0.250. The van der Waals surface area contributed by atoms with E-state index in [9.17, 15) is 13.2 Å². The van der Waals surface area contributed by atoms with E-state index in [1.54, 1.807) is 29.3 Å². The van der Waals surface area contributed by atoms with Crippen LogP contribution >= 0.6 is 0 Å². The van der Waals surface area contributed by atoms with Crippen LogP contribution < -0.4 is 4.72 Å². The van der Waals surface area contributed by atoms with Crippen molar-refractivity contribution >= 4 is 22.0 Å². The molecule has 1 aromatic heterocycles. The monoisotopic (exact) mass is 292 g/mol. The number of sulfonamides is 1. The van der Waals surface area contributed by atoms with Gasteiger partial charge < -0.3 is 4.57 Å². The number of nitrogens with zero attached hydrogens (tertiary/aromatic N) is 3. The van der Waals surface area contributed by atoms with Gasteiger partial charge in [0.1, 0.15) is 23.4 Å². The Morgan fingerprint density at radius 2 is 2.05 bits per heavy atom. The highest BCUT2D eigenvalue weighted by Crippen LogP contribution is 2.16. The van der Waals surface area contributed by atoms with Crippen molar-refractivity contribution in [3.63, 3.8) is 0 Å². The number of hydrogen-bond acceptors (Lipinski definition) is 5. The Hall–Kier alpha value is -2.58. The van der Waals surface area contributed by atoms with Crippen molar-refractivity contribution in [3.8, 4) is 12.1 Å². The Kier molecular flexibility index (Phi) is 4.33. The van der Waals surface area contributed by atoms with Crippen LogP contribution in [0.2, 0.25) is 0 Å². The van der Waals surface area contributed by atoms with Crippen molar-refractivity contribution in [1.29, 1.82) is 10.5 Å². The highest BCUT2D eigenvalue weighted by atomic mass is 32.2. The zero-order valence-electron chi connectivity index (χ0n) is 11.1. The SMILES string of the molecule is Cc1c(/C=C(\C#N)C(=O)NS(C)(=O)=O)cc(C#N)n1C. The van der Waals surface area contributed by atoms with Crippen molar-refractivity contribution in [2.24, 2.45) is 7.05 Å². The Labute approximate surface area is 116 Å². The summed E-state index contributed by atoms with van der Waals surface area (Å²) in [5.41, 5.74) is 1.20. The molecule has 104 valence electrons. The molecule has 1 rings (SSSR count). The Morgan fingerprint density at radius 1 is 1.45 bits per heavy atom. The van der Waals surface area contributed by atoms with Crippen molar-refractivity contribution < 1.29 is 13.2 Å². The number of nitriles is 2. The van der Waals surface area contributed by atoms with Crippen LogP contribution in [0.4, 0.5) is 0 Å². The van der Waals surface area contributed by atoms with Crippen molar-refractivity contribution in [2.45, 2.75) is 6.92 Å². The zero-order chi connectivity index (χ0) is 15.5. The first-order valence-corrected chi connectivity index (χ1v) is 7.29. The van der Waals surface area contributed by atoms with Gasteiger partial charge in [0.05, 0.1) is 6.26 Å². The number of carbonyl (C=O) groups is 1. The van der Waals surface area contributed by atoms with Gasteiger partial charge in [-0.2, -0.15) is 10.5 Å². The average molecular weight is 292 g/mol. The van der Waals surface area contributed by atoms with Gasteiger partial charge in [-0.1, -0.05) is 0 Å². The number of rotatable bonds is 3. The maximum absolute atomic E-state index is 11.6. The second-order valence-electron chi connectivity index (χ2n) is 4.11. The highest BCUT2D eigenvalue weighted by Gasteiger charge is 2.15. The molecule has 1 amide bonds. The van der Waals surface area contributed by atoms with Gasteiger partial charge in [0, 0.05) is 12.7 Å². The lowest BCUT2D eigenvalue weighted by Gasteiger charge is -2.01. The van der Waals surface area contributed by atoms with Crippen LogP contribution in [0.15, 0.2) is 11.6 Å². The van der Waals surface area contributed by atoms with Crippen LogP contribution in [0.3, 0.4) is 0 Å². The third-order valence-corrected chi connectivity index (χ3v) is 3.19. The van der Waals surface area contributed by atoms with Crippen LogP contribution in [0, 0.1) is 29.6 Å². The van der Waals surface area contributed by atoms with Crippen LogP contribution in [0.1, 0.15) is 17.0 Å². The molecule has 0 radical (unpaired) electrons. The van der Waals surface area contributed by atoms with E-state index in [2.05, 4.69) is 0 Å². The van der Waals surface area contributed by atoms with E-state index in [4.69, 9.17) is 10.5 Å². The molecule has 0 atom stereocenters. The summed E-state index contributed by atoms with van der Waals surface area (Å²) in [7, 11) is -2.06. The molecule has 7 nitrogen and oxygen atoms in total. The maximum Gasteiger partial charge on any atom is 0.275 e. The summed E-state index contributed by atoms with van der Waals surface area (Å²) in [6.45, 7) is 1.72. The molecule has 0 fully saturated rings. The predicted octanol–water partition coefficient (Wildman–Crippen LogP) is 0.188. The third-order valence-electron chi connectivity index (χ3n) is 2.63. The molecule has 0 saturated carbocycles. The summed E-state index contributed by atoms with van der Waals surface area (Å²) in [6.07, 6.45) is 2.07. The van der Waals surface area contributed by atoms with Gasteiger partial charge in [-0.3, -0.25) is 4.79 Å². The quantitative estimate of drug-likeness (QED) is 0.630. The summed E-state index contributed by atoms with van der Waals surface area (Å²) in [6, 6.07) is 5.12. The minimum atomic E-state index is -3.74. The topological polar surface area (TPSA) is 116 Å². The number of nitrogens with one attached hydrogen (secondary N) is 1. The molecule has 0 unspecified atom stereocenters. The molecule has 1 aromatic rings. The van der Waals surface area contributed by atoms with E-state index in [1.807, 2.05) is 6.07 Å². The third kappa shape index (κ3) is 3.46. The van der Waals surface area contributed by atoms with Crippen LogP contribution in [0.25, 0.3) is 6.08 Å². The maximum atomic E-state index is 11.6. The van der Waals surface area contributed by atoms with E-state index < -0.39 is 15.9 Å². The molecule has 1 N–H and O–H groups in total. The second kappa shape index (κ2) is 5.59. The molecular formula is C12H12N4O3S. The smallest absolute Gasteiger partial charge is 0.275 e. The Morgan fingerprint density at radius 3 is 2.45 bits per heavy atom. The number of amides is 1. The zero-order valence-corrected chi connectivity index (χ0v) is 11.9. The van der Waals surface area contributed by atoms with E-state index in [-0.39, 0.29) is 5.57 Å². The first-order valence-electron chi connectivity index (χ1n) is 5.40. The largest absolute Gasteiger partial charge is 0.339 e. The molecule has 0 aliphatic heterocycles. The number of aromatic nitrogens is 1. The highest BCUT2D eigenvalue weighted by molar-refractivity contribution is 7.89. The van der Waals surface area contributed by atoms with E-state index in [0.29, 0.717) is 17.0 Å². The molecule has 1 heterocycles. The molecular weight excluding hydrogens is 280 g/mol. The van der Waals surface area contributed by atoms with Gasteiger partial charge in [-0.15, -0.1) is 0 Å². The molecule has 8 heteroatoms. The fourth-order valence-electron chi connectivity index (χ4n) is 1.50. The van der Waals surface area contributed by atoms with Crippen molar-refractivity contribution in [3.05, 3.63) is 28.6 Å². The molecule has 0 aromatic carbocycles. The molecule has 0 aliphatic rings. The number of carbonyl (C=O) groups excluding carboxylic acids is 1. The van der Waals surface area contributed by atoms with Gasteiger partial charge in [0.15, 0.2) is 0 Å². The van der Waals surface area contributed by atoms with Gasteiger partial charge in [0.2, 0.25) is 10.0 Å². The lowest BCUT2D eigenvalue weighted by Crippen LogP contribution is -2.30. The second-order valence-corrected chi connectivity index (χ2v) is 5.86. The van der Waals surface area contributed by atoms with E-state index in [1.165, 1.54) is 12.1 Å². The minimum absolute atomic E-state index is 0.353. The Bertz CT molecular complexity index is 773. The van der Waals surface area contributed by atoms with Crippen LogP contribution in [0.5, 0.6) is 0 Å². The van der Waals surface area contributed by atoms with Gasteiger partial charge in [0.25, 0.3) is 5.91 Å². The van der Waals surface area contributed by atoms with E-state index >= 15 is 0 Å². The standard InChI is InChI=1S/C12H12N4O3S/c1-8-9(5-11(7-14)16(8)2)4-10(6-13)12(17)15-20(3,18)19/h4-5H,1-3H3,(H,15,17)/b10-4+. The summed E-state index contributed by atoms with van der Waals surface area (Å²) in [4.78, 5) is 11.6. The Balaban J connectivity index is 3.24. The minimum Gasteiger partial charge on any atom is -0.339 e. The lowest BCUT2D eigenvalue weighted by molar-refractivity contribution is -0.115. The molecule has 0 saturated heterocycles. The normalized spacial score (nSPS) is 11.6. The first-order chi connectivity index (χ1) is 9.19. The first kappa shape index (κ1) is 15.5. The van der Waals surface area contributed by atoms with Gasteiger partial charge in [-0.05, 0) is 24.6 Å². The lowest BCUT2D eigenvalue weighted by atomic mass is 10.1. The van der Waals surface area contributed by atoms with Crippen molar-refractivity contribution in [2.75, 3.05) is 6.26 Å². The summed E-state index contributed by atoms with van der Waals surface area (Å²) in [5.74, 6) is -1.00. The summed E-state index contributed by atoms with van der Waals surface area (Å²) >= 11 is 0. The molecule has 0 aliphatic carbocycles. The van der Waals surface area contributed by atoms with Crippen molar-refractivity contribution in [1.82, 2.24) is 9.29 Å². The number of hydrogen-bond donors (Lipinski definition) is 1. The summed E-state index contributed by atoms with van der Waals surface area (Å²) < 4.78 is 25.3. The molecule has 20 heavy (non-hydrogen) atoms. The summed E-state index contributed by atoms with van der Waals surface area (Å²) in [5, 5.41) is 17.8. The van der Waals surface area contributed by atoms with Crippen LogP contribution in [-0.4, -0.2) is 25.1 Å². The molecule has 0 bridgehead atoms. The average Bonchev–Trinajstić information content (AvgIpc) is 2.61. The predicted molar refractivity (Wildman–Crippen MR) is 71.4 cm³/mol. The van der Waals surface area contributed by atoms with E-state index in [0.717, 1.165) is 6.26 Å².